The third kappa shape index (κ3) is 2.28. The van der Waals surface area contributed by atoms with Gasteiger partial charge in [0.2, 0.25) is 0 Å². The fourth-order valence-electron chi connectivity index (χ4n) is 0.973. The van der Waals surface area contributed by atoms with Crippen LogP contribution >= 0.6 is 11.8 Å². The molecule has 12 heavy (non-hydrogen) atoms. The largest absolute Gasteiger partial charge is 0.185 e. The molecule has 0 aromatic heterocycles. The summed E-state index contributed by atoms with van der Waals surface area (Å²) in [6, 6.07) is 8.13. The molecule has 0 heterocycles. The first-order chi connectivity index (χ1) is 5.74. The van der Waals surface area contributed by atoms with Crippen LogP contribution in [0.2, 0.25) is 0 Å². The highest BCUT2D eigenvalue weighted by molar-refractivity contribution is 8.03. The molecule has 0 saturated carbocycles. The number of thioether (sulfide) groups is 1. The summed E-state index contributed by atoms with van der Waals surface area (Å²) in [5.41, 5.74) is 1.32. The van der Waals surface area contributed by atoms with Crippen molar-refractivity contribution >= 4 is 11.8 Å². The minimum absolute atomic E-state index is 0.561. The highest BCUT2D eigenvalue weighted by Gasteiger charge is 1.98. The molecule has 0 bridgehead atoms. The van der Waals surface area contributed by atoms with Crippen LogP contribution in [0.4, 0.5) is 0 Å². The monoisotopic (exact) mass is 177 g/mol. The molecular weight excluding hydrogens is 166 g/mol. The number of hydrogen-bond acceptors (Lipinski definition) is 2. The highest BCUT2D eigenvalue weighted by atomic mass is 32.2. The molecule has 1 aromatic rings. The van der Waals surface area contributed by atoms with Crippen molar-refractivity contribution in [1.29, 1.82) is 5.26 Å². The van der Waals surface area contributed by atoms with E-state index >= 15 is 0 Å². The molecule has 62 valence electrons. The molecule has 0 radical (unpaired) electrons. The standard InChI is InChI=1S/C10H11NS/c1-8(2)9-3-5-10(6-4-9)12-7-11/h3-6,8H,1-2H3. The number of thiocyanates is 1. The Balaban J connectivity index is 2.80. The summed E-state index contributed by atoms with van der Waals surface area (Å²) in [5.74, 6) is 0.561. The molecule has 0 aliphatic heterocycles. The Bertz CT molecular complexity index is 282. The summed E-state index contributed by atoms with van der Waals surface area (Å²) in [4.78, 5) is 1.02. The quantitative estimate of drug-likeness (QED) is 0.510. The first kappa shape index (κ1) is 9.15. The van der Waals surface area contributed by atoms with Crippen molar-refractivity contribution < 1.29 is 0 Å². The number of nitriles is 1. The van der Waals surface area contributed by atoms with Crippen LogP contribution in [-0.2, 0) is 0 Å². The minimum atomic E-state index is 0.561. The molecule has 0 amide bonds. The Morgan fingerprint density at radius 3 is 2.25 bits per heavy atom. The van der Waals surface area contributed by atoms with Gasteiger partial charge in [-0.25, -0.2) is 0 Å². The van der Waals surface area contributed by atoms with Gasteiger partial charge in [0.1, 0.15) is 5.40 Å². The van der Waals surface area contributed by atoms with Gasteiger partial charge in [0, 0.05) is 4.90 Å². The average Bonchev–Trinajstić information content (AvgIpc) is 2.06. The summed E-state index contributed by atoms with van der Waals surface area (Å²) < 4.78 is 0. The first-order valence-electron chi connectivity index (χ1n) is 3.90. The van der Waals surface area contributed by atoms with Crippen LogP contribution in [0, 0.1) is 10.7 Å². The summed E-state index contributed by atoms with van der Waals surface area (Å²) >= 11 is 1.20. The molecule has 0 N–H and O–H groups in total. The third-order valence-corrected chi connectivity index (χ3v) is 2.31. The molecule has 0 aliphatic rings. The maximum Gasteiger partial charge on any atom is 0.138 e. The van der Waals surface area contributed by atoms with Crippen molar-refractivity contribution in [2.45, 2.75) is 24.7 Å². The van der Waals surface area contributed by atoms with E-state index in [0.717, 1.165) is 4.90 Å². The molecule has 0 fully saturated rings. The lowest BCUT2D eigenvalue weighted by Gasteiger charge is -2.04. The number of benzene rings is 1. The number of hydrogen-bond donors (Lipinski definition) is 0. The van der Waals surface area contributed by atoms with Gasteiger partial charge in [0.05, 0.1) is 0 Å². The molecule has 0 unspecified atom stereocenters. The molecule has 0 spiro atoms. The second-order valence-corrected chi connectivity index (χ2v) is 3.78. The van der Waals surface area contributed by atoms with E-state index < -0.39 is 0 Å². The van der Waals surface area contributed by atoms with E-state index in [0.29, 0.717) is 5.92 Å². The second kappa shape index (κ2) is 4.18. The predicted octanol–water partition coefficient (Wildman–Crippen LogP) is 3.38. The summed E-state index contributed by atoms with van der Waals surface area (Å²) in [5, 5.41) is 10.5. The van der Waals surface area contributed by atoms with E-state index in [4.69, 9.17) is 5.26 Å². The van der Waals surface area contributed by atoms with Crippen LogP contribution in [0.25, 0.3) is 0 Å². The number of nitrogens with zero attached hydrogens (tertiary/aromatic N) is 1. The molecule has 2 heteroatoms. The summed E-state index contributed by atoms with van der Waals surface area (Å²) in [6.07, 6.45) is 0. The fraction of sp³-hybridized carbons (Fsp3) is 0.300. The molecular formula is C10H11NS. The number of rotatable bonds is 2. The van der Waals surface area contributed by atoms with Crippen molar-refractivity contribution in [1.82, 2.24) is 0 Å². The van der Waals surface area contributed by atoms with E-state index in [2.05, 4.69) is 26.0 Å². The Morgan fingerprint density at radius 1 is 1.25 bits per heavy atom. The molecule has 0 aliphatic carbocycles. The van der Waals surface area contributed by atoms with Crippen LogP contribution in [0.15, 0.2) is 29.2 Å². The van der Waals surface area contributed by atoms with Gasteiger partial charge < -0.3 is 0 Å². The van der Waals surface area contributed by atoms with Crippen LogP contribution in [0.3, 0.4) is 0 Å². The Kier molecular flexibility index (Phi) is 3.19. The molecule has 0 atom stereocenters. The SMILES string of the molecule is CC(C)c1ccc(SC#N)cc1. The van der Waals surface area contributed by atoms with Crippen LogP contribution in [-0.4, -0.2) is 0 Å². The molecule has 1 aromatic carbocycles. The van der Waals surface area contributed by atoms with E-state index in [-0.39, 0.29) is 0 Å². The molecule has 0 saturated heterocycles. The first-order valence-corrected chi connectivity index (χ1v) is 4.71. The smallest absolute Gasteiger partial charge is 0.138 e. The Morgan fingerprint density at radius 2 is 1.83 bits per heavy atom. The predicted molar refractivity (Wildman–Crippen MR) is 52.0 cm³/mol. The van der Waals surface area contributed by atoms with Gasteiger partial charge in [-0.1, -0.05) is 26.0 Å². The van der Waals surface area contributed by atoms with E-state index in [9.17, 15) is 0 Å². The van der Waals surface area contributed by atoms with E-state index in [1.807, 2.05) is 17.5 Å². The van der Waals surface area contributed by atoms with Crippen molar-refractivity contribution in [2.24, 2.45) is 0 Å². The fourth-order valence-corrected chi connectivity index (χ4v) is 1.35. The van der Waals surface area contributed by atoms with Gasteiger partial charge in [0.15, 0.2) is 0 Å². The summed E-state index contributed by atoms with van der Waals surface area (Å²) in [7, 11) is 0. The normalized spacial score (nSPS) is 9.83. The van der Waals surface area contributed by atoms with Crippen LogP contribution < -0.4 is 0 Å². The van der Waals surface area contributed by atoms with Crippen LogP contribution in [0.1, 0.15) is 25.3 Å². The lowest BCUT2D eigenvalue weighted by molar-refractivity contribution is 0.865. The maximum atomic E-state index is 8.41. The van der Waals surface area contributed by atoms with Crippen molar-refractivity contribution in [2.75, 3.05) is 0 Å². The lowest BCUT2D eigenvalue weighted by Crippen LogP contribution is -1.85. The van der Waals surface area contributed by atoms with Gasteiger partial charge in [-0.05, 0) is 35.4 Å². The highest BCUT2D eigenvalue weighted by Crippen LogP contribution is 2.20. The summed E-state index contributed by atoms with van der Waals surface area (Å²) in [6.45, 7) is 4.32. The van der Waals surface area contributed by atoms with Gasteiger partial charge in [0.25, 0.3) is 0 Å². The maximum absolute atomic E-state index is 8.41. The minimum Gasteiger partial charge on any atom is -0.185 e. The van der Waals surface area contributed by atoms with Crippen molar-refractivity contribution in [3.8, 4) is 5.40 Å². The van der Waals surface area contributed by atoms with Gasteiger partial charge in [-0.3, -0.25) is 0 Å². The van der Waals surface area contributed by atoms with Gasteiger partial charge in [-0.15, -0.1) is 0 Å². The van der Waals surface area contributed by atoms with Gasteiger partial charge in [-0.2, -0.15) is 5.26 Å². The molecule has 1 rings (SSSR count). The zero-order valence-electron chi connectivity index (χ0n) is 7.24. The van der Waals surface area contributed by atoms with Gasteiger partial charge >= 0.3 is 0 Å². The van der Waals surface area contributed by atoms with Crippen LogP contribution in [0.5, 0.6) is 0 Å². The lowest BCUT2D eigenvalue weighted by atomic mass is 10.0. The topological polar surface area (TPSA) is 23.8 Å². The van der Waals surface area contributed by atoms with Crippen molar-refractivity contribution in [3.05, 3.63) is 29.8 Å². The van der Waals surface area contributed by atoms with E-state index in [1.165, 1.54) is 17.3 Å². The average molecular weight is 177 g/mol. The van der Waals surface area contributed by atoms with E-state index in [1.54, 1.807) is 0 Å². The molecule has 1 nitrogen and oxygen atoms in total. The second-order valence-electron chi connectivity index (χ2n) is 2.92. The Labute approximate surface area is 77.4 Å². The zero-order valence-corrected chi connectivity index (χ0v) is 8.06. The third-order valence-electron chi connectivity index (χ3n) is 1.71. The van der Waals surface area contributed by atoms with Crippen molar-refractivity contribution in [3.63, 3.8) is 0 Å². The zero-order chi connectivity index (χ0) is 8.97. The Hall–Kier alpha value is -0.940.